The van der Waals surface area contributed by atoms with Gasteiger partial charge in [-0.05, 0) is 25.0 Å². The Balaban J connectivity index is 2.51. The Kier molecular flexibility index (Phi) is 3.09. The highest BCUT2D eigenvalue weighted by Gasteiger charge is 2.14. The van der Waals surface area contributed by atoms with E-state index in [0.29, 0.717) is 0 Å². The summed E-state index contributed by atoms with van der Waals surface area (Å²) in [5.74, 6) is 0.993. The van der Waals surface area contributed by atoms with Gasteiger partial charge >= 0.3 is 0 Å². The van der Waals surface area contributed by atoms with Crippen LogP contribution in [-0.2, 0) is 12.8 Å². The molecule has 0 unspecified atom stereocenters. The van der Waals surface area contributed by atoms with E-state index in [1.807, 2.05) is 24.3 Å². The van der Waals surface area contributed by atoms with Gasteiger partial charge in [0, 0.05) is 17.5 Å². The van der Waals surface area contributed by atoms with Gasteiger partial charge in [-0.25, -0.2) is 0 Å². The highest BCUT2D eigenvalue weighted by atomic mass is 16.5. The van der Waals surface area contributed by atoms with Crippen molar-refractivity contribution < 1.29 is 4.52 Å². The maximum Gasteiger partial charge on any atom is 0.140 e. The van der Waals surface area contributed by atoms with Crippen LogP contribution in [0.25, 0.3) is 11.3 Å². The molecule has 1 radical (unpaired) electrons. The third kappa shape index (κ3) is 1.87. The largest absolute Gasteiger partial charge is 0.360 e. The van der Waals surface area contributed by atoms with Crippen LogP contribution in [-0.4, -0.2) is 5.16 Å². The summed E-state index contributed by atoms with van der Waals surface area (Å²) < 4.78 is 5.36. The van der Waals surface area contributed by atoms with Crippen molar-refractivity contribution in [3.8, 4) is 11.3 Å². The summed E-state index contributed by atoms with van der Waals surface area (Å²) in [6, 6.07) is 8.06. The van der Waals surface area contributed by atoms with Gasteiger partial charge in [0.15, 0.2) is 0 Å². The van der Waals surface area contributed by atoms with E-state index in [1.54, 1.807) is 0 Å². The number of hydrogen-bond donors (Lipinski definition) is 0. The van der Waals surface area contributed by atoms with Crippen molar-refractivity contribution >= 4 is 0 Å². The summed E-state index contributed by atoms with van der Waals surface area (Å²) >= 11 is 0. The lowest BCUT2D eigenvalue weighted by molar-refractivity contribution is 0.387. The predicted molar refractivity (Wildman–Crippen MR) is 65.2 cm³/mol. The number of benzene rings is 1. The number of aromatic nitrogens is 1. The number of nitrogens with zero attached hydrogens (tertiary/aromatic N) is 1. The standard InChI is InChI=1S/C14H16NO/c1-4-12-13(5-2)16-15-14(12)11-8-6-7-10(3)9-11/h6-9H,3-5H2,1-2H3. The molecule has 2 rings (SSSR count). The molecule has 1 aromatic heterocycles. The van der Waals surface area contributed by atoms with Gasteiger partial charge in [0.1, 0.15) is 11.5 Å². The number of rotatable bonds is 3. The van der Waals surface area contributed by atoms with E-state index < -0.39 is 0 Å². The summed E-state index contributed by atoms with van der Waals surface area (Å²) in [4.78, 5) is 0. The lowest BCUT2D eigenvalue weighted by Gasteiger charge is -2.01. The quantitative estimate of drug-likeness (QED) is 0.779. The van der Waals surface area contributed by atoms with Gasteiger partial charge in [0.05, 0.1) is 0 Å². The van der Waals surface area contributed by atoms with Gasteiger partial charge in [0.2, 0.25) is 0 Å². The summed E-state index contributed by atoms with van der Waals surface area (Å²) in [6.45, 7) is 8.14. The molecule has 0 aliphatic carbocycles. The van der Waals surface area contributed by atoms with Gasteiger partial charge in [-0.2, -0.15) is 0 Å². The van der Waals surface area contributed by atoms with E-state index in [4.69, 9.17) is 4.52 Å². The molecule has 1 aromatic carbocycles. The van der Waals surface area contributed by atoms with Crippen molar-refractivity contribution in [2.75, 3.05) is 0 Å². The second-order valence-corrected chi connectivity index (χ2v) is 3.84. The van der Waals surface area contributed by atoms with Crippen molar-refractivity contribution in [3.05, 3.63) is 48.1 Å². The summed E-state index contributed by atoms with van der Waals surface area (Å²) in [6.07, 6.45) is 1.84. The Morgan fingerprint density at radius 3 is 2.69 bits per heavy atom. The molecule has 2 aromatic rings. The smallest absolute Gasteiger partial charge is 0.140 e. The van der Waals surface area contributed by atoms with Gasteiger partial charge < -0.3 is 4.52 Å². The molecule has 0 N–H and O–H groups in total. The fourth-order valence-corrected chi connectivity index (χ4v) is 1.93. The van der Waals surface area contributed by atoms with Crippen LogP contribution in [0.3, 0.4) is 0 Å². The topological polar surface area (TPSA) is 26.0 Å². The molecule has 0 aliphatic heterocycles. The molecular weight excluding hydrogens is 198 g/mol. The molecule has 1 heterocycles. The van der Waals surface area contributed by atoms with Crippen LogP contribution in [0, 0.1) is 6.92 Å². The predicted octanol–water partition coefficient (Wildman–Crippen LogP) is 3.65. The number of hydrogen-bond acceptors (Lipinski definition) is 2. The Morgan fingerprint density at radius 2 is 2.06 bits per heavy atom. The van der Waals surface area contributed by atoms with Gasteiger partial charge in [-0.15, -0.1) is 0 Å². The molecule has 0 bridgehead atoms. The minimum absolute atomic E-state index is 0.889. The summed E-state index contributed by atoms with van der Waals surface area (Å²) in [5.41, 5.74) is 4.27. The molecule has 0 fully saturated rings. The highest BCUT2D eigenvalue weighted by Crippen LogP contribution is 2.26. The van der Waals surface area contributed by atoms with Crippen molar-refractivity contribution in [3.63, 3.8) is 0 Å². The van der Waals surface area contributed by atoms with Crippen LogP contribution < -0.4 is 0 Å². The molecule has 0 aliphatic rings. The third-order valence-electron chi connectivity index (χ3n) is 2.74. The zero-order valence-electron chi connectivity index (χ0n) is 9.79. The molecule has 0 atom stereocenters. The SMILES string of the molecule is [CH2]c1cccc(-c2noc(CC)c2CC)c1. The van der Waals surface area contributed by atoms with E-state index >= 15 is 0 Å². The molecule has 0 saturated heterocycles. The Morgan fingerprint density at radius 1 is 1.25 bits per heavy atom. The second-order valence-electron chi connectivity index (χ2n) is 3.84. The molecule has 0 saturated carbocycles. The van der Waals surface area contributed by atoms with Crippen LogP contribution in [0.4, 0.5) is 0 Å². The zero-order chi connectivity index (χ0) is 11.5. The average molecular weight is 214 g/mol. The summed E-state index contributed by atoms with van der Waals surface area (Å²) in [7, 11) is 0. The molecule has 2 nitrogen and oxygen atoms in total. The minimum Gasteiger partial charge on any atom is -0.360 e. The van der Waals surface area contributed by atoms with Gasteiger partial charge in [-0.1, -0.05) is 37.2 Å². The maximum atomic E-state index is 5.36. The van der Waals surface area contributed by atoms with Crippen molar-refractivity contribution in [2.24, 2.45) is 0 Å². The van der Waals surface area contributed by atoms with E-state index in [-0.39, 0.29) is 0 Å². The van der Waals surface area contributed by atoms with Gasteiger partial charge in [0.25, 0.3) is 0 Å². The highest BCUT2D eigenvalue weighted by molar-refractivity contribution is 5.64. The van der Waals surface area contributed by atoms with E-state index in [1.165, 1.54) is 5.56 Å². The van der Waals surface area contributed by atoms with Crippen molar-refractivity contribution in [1.29, 1.82) is 0 Å². The average Bonchev–Trinajstić information content (AvgIpc) is 2.71. The van der Waals surface area contributed by atoms with E-state index in [9.17, 15) is 0 Å². The monoisotopic (exact) mass is 214 g/mol. The Labute approximate surface area is 96.3 Å². The van der Waals surface area contributed by atoms with Crippen LogP contribution in [0.5, 0.6) is 0 Å². The van der Waals surface area contributed by atoms with Gasteiger partial charge in [-0.3, -0.25) is 0 Å². The maximum absolute atomic E-state index is 5.36. The molecular formula is C14H16NO. The molecule has 0 spiro atoms. The third-order valence-corrected chi connectivity index (χ3v) is 2.74. The second kappa shape index (κ2) is 4.52. The van der Waals surface area contributed by atoms with Crippen molar-refractivity contribution in [1.82, 2.24) is 5.16 Å². The Hall–Kier alpha value is -1.57. The first kappa shape index (κ1) is 10.9. The summed E-state index contributed by atoms with van der Waals surface area (Å²) in [5, 5.41) is 4.17. The molecule has 83 valence electrons. The first-order valence-electron chi connectivity index (χ1n) is 5.66. The lowest BCUT2D eigenvalue weighted by Crippen LogP contribution is -1.88. The zero-order valence-corrected chi connectivity index (χ0v) is 9.79. The minimum atomic E-state index is 0.889. The van der Waals surface area contributed by atoms with Crippen molar-refractivity contribution in [2.45, 2.75) is 26.7 Å². The normalized spacial score (nSPS) is 10.7. The first-order chi connectivity index (χ1) is 7.76. The molecule has 2 heteroatoms. The lowest BCUT2D eigenvalue weighted by atomic mass is 10.0. The Bertz CT molecular complexity index is 485. The van der Waals surface area contributed by atoms with Crippen LogP contribution in [0.1, 0.15) is 30.7 Å². The molecule has 16 heavy (non-hydrogen) atoms. The van der Waals surface area contributed by atoms with Crippen LogP contribution in [0.15, 0.2) is 28.8 Å². The van der Waals surface area contributed by atoms with Crippen LogP contribution >= 0.6 is 0 Å². The fraction of sp³-hybridized carbons (Fsp3) is 0.286. The first-order valence-corrected chi connectivity index (χ1v) is 5.66. The fourth-order valence-electron chi connectivity index (χ4n) is 1.93. The van der Waals surface area contributed by atoms with Crippen LogP contribution in [0.2, 0.25) is 0 Å². The van der Waals surface area contributed by atoms with E-state index in [2.05, 4.69) is 25.9 Å². The van der Waals surface area contributed by atoms with E-state index in [0.717, 1.165) is 35.4 Å². The number of aryl methyl sites for hydroxylation is 1. The molecule has 0 amide bonds.